The fraction of sp³-hybridized carbons (Fsp3) is 0.533. The Bertz CT molecular complexity index is 473. The SMILES string of the molecule is C=CCO[C@H]1CN(C(=O)Cc2ccsc2)[C@H]2COC[C@@H]12. The Hall–Kier alpha value is -1.17. The van der Waals surface area contributed by atoms with Gasteiger partial charge in [-0.25, -0.2) is 0 Å². The van der Waals surface area contributed by atoms with Gasteiger partial charge in [0, 0.05) is 12.5 Å². The number of hydrogen-bond donors (Lipinski definition) is 0. The van der Waals surface area contributed by atoms with Crippen molar-refractivity contribution in [3.63, 3.8) is 0 Å². The molecule has 0 spiro atoms. The van der Waals surface area contributed by atoms with Crippen molar-refractivity contribution in [2.24, 2.45) is 5.92 Å². The molecule has 0 radical (unpaired) electrons. The topological polar surface area (TPSA) is 38.8 Å². The molecule has 1 amide bonds. The van der Waals surface area contributed by atoms with Crippen molar-refractivity contribution in [1.29, 1.82) is 0 Å². The minimum Gasteiger partial charge on any atom is -0.379 e. The van der Waals surface area contributed by atoms with Gasteiger partial charge in [-0.15, -0.1) is 6.58 Å². The lowest BCUT2D eigenvalue weighted by Gasteiger charge is -2.22. The van der Waals surface area contributed by atoms with Crippen LogP contribution in [0.1, 0.15) is 5.56 Å². The van der Waals surface area contributed by atoms with Gasteiger partial charge in [0.15, 0.2) is 0 Å². The number of nitrogens with zero attached hydrogens (tertiary/aromatic N) is 1. The first-order chi connectivity index (χ1) is 9.79. The number of likely N-dealkylation sites (tertiary alicyclic amines) is 1. The molecule has 2 fully saturated rings. The van der Waals surface area contributed by atoms with Gasteiger partial charge in [0.1, 0.15) is 0 Å². The van der Waals surface area contributed by atoms with Crippen LogP contribution in [0.4, 0.5) is 0 Å². The van der Waals surface area contributed by atoms with Crippen LogP contribution in [0.2, 0.25) is 0 Å². The van der Waals surface area contributed by atoms with E-state index in [0.717, 1.165) is 5.56 Å². The molecule has 3 rings (SSSR count). The molecule has 0 saturated carbocycles. The molecule has 0 aromatic carbocycles. The highest BCUT2D eigenvalue weighted by molar-refractivity contribution is 7.07. The molecule has 0 unspecified atom stereocenters. The molecule has 20 heavy (non-hydrogen) atoms. The number of rotatable bonds is 5. The summed E-state index contributed by atoms with van der Waals surface area (Å²) in [5.74, 6) is 0.481. The minimum absolute atomic E-state index is 0.0759. The Labute approximate surface area is 123 Å². The molecule has 0 bridgehead atoms. The van der Waals surface area contributed by atoms with E-state index in [2.05, 4.69) is 6.58 Å². The zero-order valence-electron chi connectivity index (χ0n) is 11.4. The third-order valence-corrected chi connectivity index (χ3v) is 4.76. The van der Waals surface area contributed by atoms with Crippen LogP contribution in [-0.4, -0.2) is 49.3 Å². The zero-order chi connectivity index (χ0) is 13.9. The lowest BCUT2D eigenvalue weighted by molar-refractivity contribution is -0.132. The van der Waals surface area contributed by atoms with E-state index in [4.69, 9.17) is 9.47 Å². The van der Waals surface area contributed by atoms with Gasteiger partial charge in [-0.1, -0.05) is 6.08 Å². The van der Waals surface area contributed by atoms with E-state index in [0.29, 0.717) is 38.7 Å². The molecule has 3 heterocycles. The van der Waals surface area contributed by atoms with E-state index in [1.54, 1.807) is 17.4 Å². The van der Waals surface area contributed by atoms with Crippen molar-refractivity contribution in [2.75, 3.05) is 26.4 Å². The summed E-state index contributed by atoms with van der Waals surface area (Å²) in [6.07, 6.45) is 2.30. The van der Waals surface area contributed by atoms with E-state index in [1.165, 1.54) is 0 Å². The Balaban J connectivity index is 1.66. The van der Waals surface area contributed by atoms with Gasteiger partial charge in [0.05, 0.1) is 38.4 Å². The normalized spacial score (nSPS) is 28.6. The highest BCUT2D eigenvalue weighted by atomic mass is 32.1. The number of thiophene rings is 1. The van der Waals surface area contributed by atoms with Crippen LogP contribution < -0.4 is 0 Å². The van der Waals surface area contributed by atoms with Gasteiger partial charge in [0.2, 0.25) is 5.91 Å². The molecule has 2 aliphatic heterocycles. The molecule has 0 N–H and O–H groups in total. The Morgan fingerprint density at radius 3 is 3.25 bits per heavy atom. The van der Waals surface area contributed by atoms with E-state index < -0.39 is 0 Å². The molecule has 4 nitrogen and oxygen atoms in total. The quantitative estimate of drug-likeness (QED) is 0.776. The summed E-state index contributed by atoms with van der Waals surface area (Å²) in [5, 5.41) is 4.03. The smallest absolute Gasteiger partial charge is 0.227 e. The summed E-state index contributed by atoms with van der Waals surface area (Å²) in [4.78, 5) is 14.4. The largest absolute Gasteiger partial charge is 0.379 e. The molecule has 1 aromatic heterocycles. The number of carbonyl (C=O) groups excluding carboxylic acids is 1. The van der Waals surface area contributed by atoms with Gasteiger partial charge in [-0.05, 0) is 22.4 Å². The van der Waals surface area contributed by atoms with Crippen molar-refractivity contribution in [2.45, 2.75) is 18.6 Å². The minimum atomic E-state index is 0.0759. The number of carbonyl (C=O) groups is 1. The van der Waals surface area contributed by atoms with Gasteiger partial charge in [0.25, 0.3) is 0 Å². The first kappa shape index (κ1) is 13.8. The van der Waals surface area contributed by atoms with Crippen LogP contribution >= 0.6 is 11.3 Å². The van der Waals surface area contributed by atoms with Crippen LogP contribution in [0.15, 0.2) is 29.5 Å². The van der Waals surface area contributed by atoms with Crippen LogP contribution in [0.25, 0.3) is 0 Å². The molecule has 2 saturated heterocycles. The van der Waals surface area contributed by atoms with Crippen molar-refractivity contribution in [3.8, 4) is 0 Å². The average Bonchev–Trinajstić information content (AvgIpc) is 3.13. The summed E-state index contributed by atoms with van der Waals surface area (Å²) in [6, 6.07) is 2.18. The summed E-state index contributed by atoms with van der Waals surface area (Å²) >= 11 is 1.62. The van der Waals surface area contributed by atoms with E-state index >= 15 is 0 Å². The summed E-state index contributed by atoms with van der Waals surface area (Å²) < 4.78 is 11.3. The Morgan fingerprint density at radius 1 is 1.60 bits per heavy atom. The first-order valence-corrected chi connectivity index (χ1v) is 7.84. The maximum atomic E-state index is 12.5. The number of ether oxygens (including phenoxy) is 2. The van der Waals surface area contributed by atoms with Crippen molar-refractivity contribution < 1.29 is 14.3 Å². The fourth-order valence-corrected chi connectivity index (χ4v) is 3.69. The predicted octanol–water partition coefficient (Wildman–Crippen LogP) is 1.72. The number of hydrogen-bond acceptors (Lipinski definition) is 4. The van der Waals surface area contributed by atoms with Gasteiger partial charge < -0.3 is 14.4 Å². The maximum absolute atomic E-state index is 12.5. The van der Waals surface area contributed by atoms with Crippen molar-refractivity contribution >= 4 is 17.2 Å². The average molecular weight is 293 g/mol. The fourth-order valence-electron chi connectivity index (χ4n) is 3.02. The molecule has 108 valence electrons. The zero-order valence-corrected chi connectivity index (χ0v) is 12.2. The first-order valence-electron chi connectivity index (χ1n) is 6.90. The summed E-state index contributed by atoms with van der Waals surface area (Å²) in [5.41, 5.74) is 1.09. The maximum Gasteiger partial charge on any atom is 0.227 e. The molecule has 0 aliphatic carbocycles. The lowest BCUT2D eigenvalue weighted by Crippen LogP contribution is -2.39. The summed E-state index contributed by atoms with van der Waals surface area (Å²) in [6.45, 7) is 6.20. The molecular formula is C15H19NO3S. The van der Waals surface area contributed by atoms with Crippen LogP contribution in [0.5, 0.6) is 0 Å². The van der Waals surface area contributed by atoms with E-state index in [1.807, 2.05) is 21.7 Å². The third kappa shape index (κ3) is 2.66. The third-order valence-electron chi connectivity index (χ3n) is 4.03. The number of fused-ring (bicyclic) bond motifs is 1. The second kappa shape index (κ2) is 6.08. The second-order valence-corrected chi connectivity index (χ2v) is 6.06. The standard InChI is InChI=1S/C15H19NO3S/c1-2-4-19-14-7-16(13-9-18-8-12(13)14)15(17)6-11-3-5-20-10-11/h2-3,5,10,12-14H,1,4,6-9H2/t12-,13+,14+/m1/s1. The van der Waals surface area contributed by atoms with Gasteiger partial charge >= 0.3 is 0 Å². The molecule has 2 aliphatic rings. The lowest BCUT2D eigenvalue weighted by atomic mass is 10.0. The van der Waals surface area contributed by atoms with Crippen molar-refractivity contribution in [1.82, 2.24) is 4.90 Å². The number of amides is 1. The van der Waals surface area contributed by atoms with Crippen molar-refractivity contribution in [3.05, 3.63) is 35.0 Å². The Morgan fingerprint density at radius 2 is 2.50 bits per heavy atom. The highest BCUT2D eigenvalue weighted by Crippen LogP contribution is 2.32. The molecular weight excluding hydrogens is 274 g/mol. The highest BCUT2D eigenvalue weighted by Gasteiger charge is 2.47. The van der Waals surface area contributed by atoms with Gasteiger partial charge in [-0.2, -0.15) is 11.3 Å². The second-order valence-electron chi connectivity index (χ2n) is 5.28. The summed E-state index contributed by atoms with van der Waals surface area (Å²) in [7, 11) is 0. The van der Waals surface area contributed by atoms with Crippen LogP contribution in [0.3, 0.4) is 0 Å². The van der Waals surface area contributed by atoms with E-state index in [-0.39, 0.29) is 18.1 Å². The van der Waals surface area contributed by atoms with Crippen LogP contribution in [0, 0.1) is 5.92 Å². The molecule has 3 atom stereocenters. The molecule has 1 aromatic rings. The van der Waals surface area contributed by atoms with E-state index in [9.17, 15) is 4.79 Å². The van der Waals surface area contributed by atoms with Gasteiger partial charge in [-0.3, -0.25) is 4.79 Å². The van der Waals surface area contributed by atoms with Crippen LogP contribution in [-0.2, 0) is 20.7 Å². The predicted molar refractivity (Wildman–Crippen MR) is 77.8 cm³/mol. The molecule has 5 heteroatoms. The monoisotopic (exact) mass is 293 g/mol. The Kier molecular flexibility index (Phi) is 4.19.